The fourth-order valence-electron chi connectivity index (χ4n) is 3.21. The summed E-state index contributed by atoms with van der Waals surface area (Å²) >= 11 is 0. The number of allylic oxidation sites excluding steroid dienone is 4. The fraction of sp³-hybridized carbons (Fsp3) is 0.478. The molecule has 0 radical (unpaired) electrons. The SMILES string of the molecule is CCOC1=CC=CCC=C1OCCCNC(C)C(O)Cc1ccc(OC)c(S(N)(=O)=O)c1. The van der Waals surface area contributed by atoms with E-state index in [0.717, 1.165) is 24.4 Å². The van der Waals surface area contributed by atoms with Gasteiger partial charge in [-0.05, 0) is 69.5 Å². The largest absolute Gasteiger partial charge is 0.495 e. The number of sulfonamides is 1. The molecule has 1 aromatic carbocycles. The van der Waals surface area contributed by atoms with Crippen molar-refractivity contribution in [3.05, 3.63) is 59.6 Å². The van der Waals surface area contributed by atoms with E-state index in [9.17, 15) is 13.5 Å². The molecule has 0 saturated carbocycles. The van der Waals surface area contributed by atoms with Gasteiger partial charge in [-0.3, -0.25) is 0 Å². The molecule has 2 unspecified atom stereocenters. The van der Waals surface area contributed by atoms with Crippen LogP contribution in [0.4, 0.5) is 0 Å². The van der Waals surface area contributed by atoms with Gasteiger partial charge in [0.05, 0.1) is 26.4 Å². The van der Waals surface area contributed by atoms with Crippen molar-refractivity contribution in [3.8, 4) is 5.75 Å². The summed E-state index contributed by atoms with van der Waals surface area (Å²) in [5.41, 5.74) is 0.656. The highest BCUT2D eigenvalue weighted by Gasteiger charge is 2.19. The zero-order valence-electron chi connectivity index (χ0n) is 18.9. The lowest BCUT2D eigenvalue weighted by Crippen LogP contribution is -2.39. The number of methoxy groups -OCH3 is 1. The van der Waals surface area contributed by atoms with Crippen molar-refractivity contribution in [2.45, 2.75) is 50.2 Å². The van der Waals surface area contributed by atoms with Crippen LogP contribution in [0.25, 0.3) is 0 Å². The topological polar surface area (TPSA) is 120 Å². The van der Waals surface area contributed by atoms with E-state index in [1.54, 1.807) is 12.1 Å². The van der Waals surface area contributed by atoms with E-state index in [2.05, 4.69) is 5.32 Å². The van der Waals surface area contributed by atoms with E-state index in [1.165, 1.54) is 13.2 Å². The molecule has 2 rings (SSSR count). The zero-order chi connectivity index (χ0) is 23.6. The molecular formula is C23H34N2O6S. The molecule has 0 fully saturated rings. The average Bonchev–Trinajstić information content (AvgIpc) is 2.98. The molecule has 0 aromatic heterocycles. The van der Waals surface area contributed by atoms with Crippen LogP contribution in [0.1, 0.15) is 32.3 Å². The molecule has 9 heteroatoms. The van der Waals surface area contributed by atoms with E-state index >= 15 is 0 Å². The Kier molecular flexibility index (Phi) is 10.2. The molecule has 4 N–H and O–H groups in total. The molecule has 8 nitrogen and oxygen atoms in total. The predicted molar refractivity (Wildman–Crippen MR) is 124 cm³/mol. The number of aliphatic hydroxyl groups is 1. The standard InChI is InChI=1S/C23H34N2O6S/c1-4-30-20-9-6-5-7-10-21(20)31-14-8-13-25-17(2)19(26)15-18-11-12-22(29-3)23(16-18)32(24,27)28/h5-6,9-12,16-17,19,25-26H,4,7-8,13-15H2,1-3H3,(H2,24,27,28). The van der Waals surface area contributed by atoms with Crippen molar-refractivity contribution in [1.29, 1.82) is 0 Å². The summed E-state index contributed by atoms with van der Waals surface area (Å²) in [6, 6.07) is 4.50. The molecule has 0 spiro atoms. The Hall–Kier alpha value is -2.33. The van der Waals surface area contributed by atoms with Crippen molar-refractivity contribution in [1.82, 2.24) is 5.32 Å². The number of ether oxygens (including phenoxy) is 3. The smallest absolute Gasteiger partial charge is 0.241 e. The van der Waals surface area contributed by atoms with Gasteiger partial charge in [0.25, 0.3) is 0 Å². The van der Waals surface area contributed by atoms with Crippen LogP contribution in [-0.4, -0.2) is 52.5 Å². The number of hydrogen-bond donors (Lipinski definition) is 3. The van der Waals surface area contributed by atoms with Crippen LogP contribution in [-0.2, 0) is 25.9 Å². The summed E-state index contributed by atoms with van der Waals surface area (Å²) in [4.78, 5) is -0.0917. The molecule has 32 heavy (non-hydrogen) atoms. The Balaban J connectivity index is 1.80. The van der Waals surface area contributed by atoms with Gasteiger partial charge in [-0.2, -0.15) is 0 Å². The number of rotatable bonds is 13. The van der Waals surface area contributed by atoms with Crippen molar-refractivity contribution < 1.29 is 27.7 Å². The Bertz CT molecular complexity index is 940. The minimum Gasteiger partial charge on any atom is -0.495 e. The number of aliphatic hydroxyl groups excluding tert-OH is 1. The second kappa shape index (κ2) is 12.6. The van der Waals surface area contributed by atoms with Crippen molar-refractivity contribution in [2.24, 2.45) is 5.14 Å². The second-order valence-electron chi connectivity index (χ2n) is 7.44. The van der Waals surface area contributed by atoms with Gasteiger partial charge in [0.15, 0.2) is 11.5 Å². The van der Waals surface area contributed by atoms with Crippen LogP contribution in [0.2, 0.25) is 0 Å². The molecular weight excluding hydrogens is 432 g/mol. The third-order valence-electron chi connectivity index (χ3n) is 4.97. The van der Waals surface area contributed by atoms with E-state index in [4.69, 9.17) is 19.3 Å². The van der Waals surface area contributed by atoms with Crippen LogP contribution < -0.4 is 15.2 Å². The van der Waals surface area contributed by atoms with E-state index in [0.29, 0.717) is 25.3 Å². The van der Waals surface area contributed by atoms with Crippen LogP contribution in [0.15, 0.2) is 58.9 Å². The van der Waals surface area contributed by atoms with Gasteiger partial charge in [-0.1, -0.05) is 18.2 Å². The summed E-state index contributed by atoms with van der Waals surface area (Å²) in [6.07, 6.45) is 9.00. The minimum absolute atomic E-state index is 0.0917. The Morgan fingerprint density at radius 2 is 2.03 bits per heavy atom. The first-order chi connectivity index (χ1) is 15.3. The lowest BCUT2D eigenvalue weighted by Gasteiger charge is -2.21. The van der Waals surface area contributed by atoms with Gasteiger partial charge < -0.3 is 24.6 Å². The summed E-state index contributed by atoms with van der Waals surface area (Å²) in [5.74, 6) is 1.66. The Morgan fingerprint density at radius 1 is 1.25 bits per heavy atom. The Morgan fingerprint density at radius 3 is 2.72 bits per heavy atom. The summed E-state index contributed by atoms with van der Waals surface area (Å²) in [6.45, 7) is 5.56. The maximum Gasteiger partial charge on any atom is 0.241 e. The predicted octanol–water partition coefficient (Wildman–Crippen LogP) is 2.39. The highest BCUT2D eigenvalue weighted by atomic mass is 32.2. The van der Waals surface area contributed by atoms with Gasteiger partial charge in [0.1, 0.15) is 10.6 Å². The third kappa shape index (κ3) is 7.98. The molecule has 0 heterocycles. The monoisotopic (exact) mass is 466 g/mol. The number of benzene rings is 1. The molecule has 1 aliphatic carbocycles. The third-order valence-corrected chi connectivity index (χ3v) is 5.90. The van der Waals surface area contributed by atoms with Gasteiger partial charge in [0.2, 0.25) is 10.0 Å². The van der Waals surface area contributed by atoms with Crippen LogP contribution in [0.3, 0.4) is 0 Å². The Labute approximate surface area is 190 Å². The van der Waals surface area contributed by atoms with Crippen LogP contribution in [0.5, 0.6) is 5.75 Å². The summed E-state index contributed by atoms with van der Waals surface area (Å²) in [5, 5.41) is 19.1. The number of hydrogen-bond acceptors (Lipinski definition) is 7. The van der Waals surface area contributed by atoms with E-state index in [1.807, 2.05) is 38.2 Å². The maximum atomic E-state index is 11.8. The first-order valence-corrected chi connectivity index (χ1v) is 12.2. The van der Waals surface area contributed by atoms with Crippen LogP contribution >= 0.6 is 0 Å². The highest BCUT2D eigenvalue weighted by molar-refractivity contribution is 7.89. The normalized spacial score (nSPS) is 15.9. The quantitative estimate of drug-likeness (QED) is 0.382. The van der Waals surface area contributed by atoms with Crippen LogP contribution in [0, 0.1) is 0 Å². The van der Waals surface area contributed by atoms with Gasteiger partial charge in [-0.25, -0.2) is 13.6 Å². The van der Waals surface area contributed by atoms with Gasteiger partial charge >= 0.3 is 0 Å². The molecule has 0 aliphatic heterocycles. The summed E-state index contributed by atoms with van der Waals surface area (Å²) in [7, 11) is -2.54. The molecule has 1 aromatic rings. The number of primary sulfonamides is 1. The molecule has 1 aliphatic rings. The van der Waals surface area contributed by atoms with Crippen molar-refractivity contribution in [3.63, 3.8) is 0 Å². The van der Waals surface area contributed by atoms with Crippen molar-refractivity contribution >= 4 is 10.0 Å². The molecule has 2 atom stereocenters. The number of nitrogens with one attached hydrogen (secondary N) is 1. The highest BCUT2D eigenvalue weighted by Crippen LogP contribution is 2.24. The fourth-order valence-corrected chi connectivity index (χ4v) is 3.95. The van der Waals surface area contributed by atoms with Gasteiger partial charge in [-0.15, -0.1) is 0 Å². The lowest BCUT2D eigenvalue weighted by atomic mass is 10.0. The zero-order valence-corrected chi connectivity index (χ0v) is 19.7. The first kappa shape index (κ1) is 25.9. The molecule has 178 valence electrons. The maximum absolute atomic E-state index is 11.8. The average molecular weight is 467 g/mol. The lowest BCUT2D eigenvalue weighted by molar-refractivity contribution is 0.129. The van der Waals surface area contributed by atoms with E-state index < -0.39 is 16.1 Å². The van der Waals surface area contributed by atoms with Crippen molar-refractivity contribution in [2.75, 3.05) is 26.9 Å². The molecule has 0 bridgehead atoms. The second-order valence-corrected chi connectivity index (χ2v) is 8.97. The summed E-state index contributed by atoms with van der Waals surface area (Å²) < 4.78 is 40.1. The number of nitrogens with two attached hydrogens (primary N) is 1. The first-order valence-electron chi connectivity index (χ1n) is 10.7. The molecule has 0 amide bonds. The van der Waals surface area contributed by atoms with Gasteiger partial charge in [0, 0.05) is 6.04 Å². The van der Waals surface area contributed by atoms with E-state index in [-0.39, 0.29) is 23.1 Å². The minimum atomic E-state index is -3.92. The molecule has 0 saturated heterocycles.